The van der Waals surface area contributed by atoms with Gasteiger partial charge in [-0.15, -0.1) is 0 Å². The van der Waals surface area contributed by atoms with E-state index in [0.29, 0.717) is 0 Å². The van der Waals surface area contributed by atoms with Crippen LogP contribution in [0.15, 0.2) is 36.5 Å². The lowest BCUT2D eigenvalue weighted by molar-refractivity contribution is -0.255. The average Bonchev–Trinajstić information content (AvgIpc) is 2.65. The first-order valence-corrected chi connectivity index (χ1v) is 4.51. The molecule has 2 rings (SSSR count). The summed E-state index contributed by atoms with van der Waals surface area (Å²) in [6.07, 6.45) is 1.70. The third-order valence-electron chi connectivity index (χ3n) is 2.18. The number of carbonyl (C=O) groups excluding carboxylic acids is 1. The van der Waals surface area contributed by atoms with Gasteiger partial charge in [0, 0.05) is 11.9 Å². The minimum Gasteiger partial charge on any atom is -0.545 e. The van der Waals surface area contributed by atoms with E-state index >= 15 is 0 Å². The largest absolute Gasteiger partial charge is 0.545 e. The molecule has 0 atom stereocenters. The lowest BCUT2D eigenvalue weighted by Gasteiger charge is -2.06. The molecule has 0 aliphatic carbocycles. The molecule has 0 radical (unpaired) electrons. The van der Waals surface area contributed by atoms with Crippen LogP contribution in [-0.4, -0.2) is 15.7 Å². The second-order valence-electron chi connectivity index (χ2n) is 3.22. The van der Waals surface area contributed by atoms with Crippen molar-refractivity contribution < 1.29 is 9.90 Å². The molecule has 0 aliphatic heterocycles. The Kier molecular flexibility index (Phi) is 2.25. The molecular weight excluding hydrogens is 192 g/mol. The van der Waals surface area contributed by atoms with Crippen molar-refractivity contribution in [3.05, 3.63) is 47.8 Å². The molecule has 0 amide bonds. The Morgan fingerprint density at radius 3 is 2.40 bits per heavy atom. The van der Waals surface area contributed by atoms with Crippen LogP contribution in [0.5, 0.6) is 0 Å². The summed E-state index contributed by atoms with van der Waals surface area (Å²) in [5, 5.41) is 14.6. The molecule has 4 heteroatoms. The van der Waals surface area contributed by atoms with Crippen LogP contribution in [-0.2, 0) is 0 Å². The summed E-state index contributed by atoms with van der Waals surface area (Å²) in [4.78, 5) is 10.5. The molecular formula is C11H9N2O2-. The normalized spacial score (nSPS) is 10.2. The summed E-state index contributed by atoms with van der Waals surface area (Å²) < 4.78 is 1.74. The first-order chi connectivity index (χ1) is 7.18. The molecule has 1 aromatic heterocycles. The smallest absolute Gasteiger partial charge is 0.0715 e. The van der Waals surface area contributed by atoms with Gasteiger partial charge in [0.25, 0.3) is 0 Å². The highest BCUT2D eigenvalue weighted by Crippen LogP contribution is 2.10. The Balaban J connectivity index is 2.40. The number of aromatic nitrogens is 2. The van der Waals surface area contributed by atoms with E-state index in [9.17, 15) is 9.90 Å². The van der Waals surface area contributed by atoms with E-state index < -0.39 is 5.97 Å². The highest BCUT2D eigenvalue weighted by Gasteiger charge is 2.00. The van der Waals surface area contributed by atoms with E-state index in [1.807, 2.05) is 13.0 Å². The average molecular weight is 201 g/mol. The third-order valence-corrected chi connectivity index (χ3v) is 2.18. The van der Waals surface area contributed by atoms with Gasteiger partial charge in [-0.05, 0) is 30.7 Å². The maximum atomic E-state index is 10.5. The minimum absolute atomic E-state index is 0.170. The van der Waals surface area contributed by atoms with E-state index in [1.54, 1.807) is 23.0 Å². The van der Waals surface area contributed by atoms with Crippen LogP contribution in [0.2, 0.25) is 0 Å². The molecule has 4 nitrogen and oxygen atoms in total. The van der Waals surface area contributed by atoms with Crippen LogP contribution in [0.4, 0.5) is 0 Å². The van der Waals surface area contributed by atoms with Crippen molar-refractivity contribution in [2.24, 2.45) is 0 Å². The molecule has 0 fully saturated rings. The number of hydrogen-bond acceptors (Lipinski definition) is 3. The maximum Gasteiger partial charge on any atom is 0.0715 e. The first kappa shape index (κ1) is 9.45. The van der Waals surface area contributed by atoms with Gasteiger partial charge in [0.2, 0.25) is 0 Å². The van der Waals surface area contributed by atoms with Crippen molar-refractivity contribution in [1.29, 1.82) is 0 Å². The molecule has 1 aromatic carbocycles. The van der Waals surface area contributed by atoms with Crippen molar-refractivity contribution in [3.63, 3.8) is 0 Å². The van der Waals surface area contributed by atoms with Gasteiger partial charge in [-0.25, -0.2) is 4.68 Å². The van der Waals surface area contributed by atoms with Gasteiger partial charge >= 0.3 is 0 Å². The molecule has 76 valence electrons. The Bertz CT molecular complexity index is 486. The summed E-state index contributed by atoms with van der Waals surface area (Å²) in [5.41, 5.74) is 2.00. The van der Waals surface area contributed by atoms with Gasteiger partial charge in [0.05, 0.1) is 11.7 Å². The number of aromatic carboxylic acids is 1. The van der Waals surface area contributed by atoms with Gasteiger partial charge in [-0.1, -0.05) is 12.1 Å². The number of benzene rings is 1. The van der Waals surface area contributed by atoms with E-state index in [-0.39, 0.29) is 5.56 Å². The Labute approximate surface area is 86.8 Å². The zero-order valence-electron chi connectivity index (χ0n) is 8.18. The number of carboxylic acids is 1. The SMILES string of the molecule is Cc1ccnn1-c1ccc(C(=O)[O-])cc1. The van der Waals surface area contributed by atoms with Crippen LogP contribution in [0.3, 0.4) is 0 Å². The molecule has 0 unspecified atom stereocenters. The van der Waals surface area contributed by atoms with Gasteiger partial charge in [-0.2, -0.15) is 5.10 Å². The van der Waals surface area contributed by atoms with Crippen LogP contribution in [0, 0.1) is 6.92 Å². The number of hydrogen-bond donors (Lipinski definition) is 0. The predicted octanol–water partition coefficient (Wildman–Crippen LogP) is 0.544. The van der Waals surface area contributed by atoms with Gasteiger partial charge in [0.15, 0.2) is 0 Å². The number of rotatable bonds is 2. The van der Waals surface area contributed by atoms with Crippen LogP contribution >= 0.6 is 0 Å². The van der Waals surface area contributed by atoms with Crippen molar-refractivity contribution in [1.82, 2.24) is 9.78 Å². The highest BCUT2D eigenvalue weighted by atomic mass is 16.4. The van der Waals surface area contributed by atoms with E-state index in [2.05, 4.69) is 5.10 Å². The zero-order chi connectivity index (χ0) is 10.8. The van der Waals surface area contributed by atoms with Gasteiger partial charge in [0.1, 0.15) is 0 Å². The molecule has 0 saturated heterocycles. The number of aryl methyl sites for hydroxylation is 1. The van der Waals surface area contributed by atoms with E-state index in [0.717, 1.165) is 11.4 Å². The zero-order valence-corrected chi connectivity index (χ0v) is 8.18. The minimum atomic E-state index is -1.17. The second kappa shape index (κ2) is 3.57. The van der Waals surface area contributed by atoms with Crippen molar-refractivity contribution in [2.45, 2.75) is 6.92 Å². The van der Waals surface area contributed by atoms with Crippen LogP contribution < -0.4 is 5.11 Å². The van der Waals surface area contributed by atoms with Crippen molar-refractivity contribution in [2.75, 3.05) is 0 Å². The molecule has 0 aliphatic rings. The molecule has 0 bridgehead atoms. The predicted molar refractivity (Wildman–Crippen MR) is 52.6 cm³/mol. The van der Waals surface area contributed by atoms with Gasteiger partial charge in [-0.3, -0.25) is 0 Å². The first-order valence-electron chi connectivity index (χ1n) is 4.51. The van der Waals surface area contributed by atoms with Crippen molar-refractivity contribution in [3.8, 4) is 5.69 Å². The fourth-order valence-corrected chi connectivity index (χ4v) is 1.38. The lowest BCUT2D eigenvalue weighted by Crippen LogP contribution is -2.22. The highest BCUT2D eigenvalue weighted by molar-refractivity contribution is 5.85. The summed E-state index contributed by atoms with van der Waals surface area (Å²) in [6.45, 7) is 1.93. The summed E-state index contributed by atoms with van der Waals surface area (Å²) in [7, 11) is 0. The number of nitrogens with zero attached hydrogens (tertiary/aromatic N) is 2. The van der Waals surface area contributed by atoms with Crippen LogP contribution in [0.25, 0.3) is 5.69 Å². The van der Waals surface area contributed by atoms with E-state index in [4.69, 9.17) is 0 Å². The monoisotopic (exact) mass is 201 g/mol. The Morgan fingerprint density at radius 2 is 1.93 bits per heavy atom. The second-order valence-corrected chi connectivity index (χ2v) is 3.22. The molecule has 0 spiro atoms. The molecule has 15 heavy (non-hydrogen) atoms. The number of carbonyl (C=O) groups is 1. The third kappa shape index (κ3) is 1.74. The molecule has 0 N–H and O–H groups in total. The molecule has 0 saturated carbocycles. The summed E-state index contributed by atoms with van der Waals surface area (Å²) >= 11 is 0. The quantitative estimate of drug-likeness (QED) is 0.712. The Hall–Kier alpha value is -2.10. The van der Waals surface area contributed by atoms with Crippen molar-refractivity contribution >= 4 is 5.97 Å². The Morgan fingerprint density at radius 1 is 1.27 bits per heavy atom. The molecule has 1 heterocycles. The topological polar surface area (TPSA) is 58.0 Å². The van der Waals surface area contributed by atoms with Crippen LogP contribution in [0.1, 0.15) is 16.1 Å². The lowest BCUT2D eigenvalue weighted by atomic mass is 10.2. The van der Waals surface area contributed by atoms with Gasteiger partial charge < -0.3 is 9.90 Å². The standard InChI is InChI=1S/C11H10N2O2/c1-8-6-7-12-13(8)10-4-2-9(3-5-10)11(14)15/h2-7H,1H3,(H,14,15)/p-1. The molecule has 2 aromatic rings. The summed E-state index contributed by atoms with van der Waals surface area (Å²) in [5.74, 6) is -1.17. The number of carboxylic acid groups (broad SMARTS) is 1. The fraction of sp³-hybridized carbons (Fsp3) is 0.0909. The fourth-order valence-electron chi connectivity index (χ4n) is 1.38. The summed E-state index contributed by atoms with van der Waals surface area (Å²) in [6, 6.07) is 8.29. The maximum absolute atomic E-state index is 10.5. The van der Waals surface area contributed by atoms with E-state index in [1.165, 1.54) is 12.1 Å².